The standard InChI is InChI=1S/C21H28O7/c1-6-27-19(24)21(20(25)28-7-2)13-15(4)14(3)12-16(21)17(22)10-8-9-11-18(23)26-5/h8-11,16H,6-7,12-13H2,1-5H3/b10-8+,11-9+. The van der Waals surface area contributed by atoms with Crippen LogP contribution in [0.1, 0.15) is 40.5 Å². The van der Waals surface area contributed by atoms with E-state index in [2.05, 4.69) is 4.74 Å². The van der Waals surface area contributed by atoms with Crippen LogP contribution in [0.4, 0.5) is 0 Å². The van der Waals surface area contributed by atoms with Crippen molar-refractivity contribution >= 4 is 23.7 Å². The van der Waals surface area contributed by atoms with Crippen LogP contribution in [0.3, 0.4) is 0 Å². The van der Waals surface area contributed by atoms with Crippen molar-refractivity contribution in [1.29, 1.82) is 0 Å². The number of carbonyl (C=O) groups excluding carboxylic acids is 4. The van der Waals surface area contributed by atoms with Gasteiger partial charge in [0.05, 0.1) is 26.2 Å². The minimum Gasteiger partial charge on any atom is -0.466 e. The van der Waals surface area contributed by atoms with Crippen molar-refractivity contribution in [1.82, 2.24) is 0 Å². The van der Waals surface area contributed by atoms with Gasteiger partial charge in [-0.05, 0) is 46.6 Å². The number of ether oxygens (including phenoxy) is 3. The monoisotopic (exact) mass is 392 g/mol. The molecule has 0 aliphatic heterocycles. The molecular formula is C21H28O7. The van der Waals surface area contributed by atoms with Gasteiger partial charge in [0.25, 0.3) is 0 Å². The van der Waals surface area contributed by atoms with Crippen LogP contribution in [-0.2, 0) is 33.4 Å². The van der Waals surface area contributed by atoms with E-state index in [4.69, 9.17) is 9.47 Å². The molecule has 0 fully saturated rings. The first kappa shape index (κ1) is 23.3. The van der Waals surface area contributed by atoms with Crippen LogP contribution >= 0.6 is 0 Å². The van der Waals surface area contributed by atoms with Crippen molar-refractivity contribution in [3.63, 3.8) is 0 Å². The number of hydrogen-bond acceptors (Lipinski definition) is 7. The lowest BCUT2D eigenvalue weighted by molar-refractivity contribution is -0.179. The fourth-order valence-electron chi connectivity index (χ4n) is 3.19. The molecule has 0 bridgehead atoms. The smallest absolute Gasteiger partial charge is 0.330 e. The van der Waals surface area contributed by atoms with E-state index in [9.17, 15) is 19.2 Å². The number of allylic oxidation sites excluding steroid dienone is 5. The highest BCUT2D eigenvalue weighted by Gasteiger charge is 2.58. The van der Waals surface area contributed by atoms with Gasteiger partial charge < -0.3 is 14.2 Å². The number of carbonyl (C=O) groups is 4. The third kappa shape index (κ3) is 5.18. The Hall–Kier alpha value is -2.70. The molecule has 1 rings (SSSR count). The Morgan fingerprint density at radius 3 is 2.00 bits per heavy atom. The van der Waals surface area contributed by atoms with E-state index >= 15 is 0 Å². The number of hydrogen-bond donors (Lipinski definition) is 0. The summed E-state index contributed by atoms with van der Waals surface area (Å²) < 4.78 is 14.8. The van der Waals surface area contributed by atoms with Gasteiger partial charge in [0.15, 0.2) is 11.2 Å². The molecule has 0 N–H and O–H groups in total. The molecule has 7 heteroatoms. The van der Waals surface area contributed by atoms with Gasteiger partial charge in [0.2, 0.25) is 0 Å². The summed E-state index contributed by atoms with van der Waals surface area (Å²) in [7, 11) is 1.24. The first-order chi connectivity index (χ1) is 13.2. The number of ketones is 1. The molecule has 0 saturated heterocycles. The van der Waals surface area contributed by atoms with E-state index in [0.717, 1.165) is 17.2 Å². The third-order valence-corrected chi connectivity index (χ3v) is 4.81. The molecule has 0 heterocycles. The Morgan fingerprint density at radius 2 is 1.50 bits per heavy atom. The molecule has 0 saturated carbocycles. The van der Waals surface area contributed by atoms with Gasteiger partial charge in [-0.3, -0.25) is 14.4 Å². The second-order valence-corrected chi connectivity index (χ2v) is 6.55. The van der Waals surface area contributed by atoms with E-state index in [0.29, 0.717) is 0 Å². The molecule has 0 aromatic heterocycles. The van der Waals surface area contributed by atoms with Crippen molar-refractivity contribution in [3.8, 4) is 0 Å². The molecule has 0 aromatic rings. The average Bonchev–Trinajstić information content (AvgIpc) is 2.66. The number of methoxy groups -OCH3 is 1. The number of esters is 3. The Kier molecular flexibility index (Phi) is 8.82. The molecule has 1 atom stereocenters. The lowest BCUT2D eigenvalue weighted by Crippen LogP contribution is -2.52. The van der Waals surface area contributed by atoms with E-state index in [1.807, 2.05) is 13.8 Å². The fourth-order valence-corrected chi connectivity index (χ4v) is 3.19. The zero-order valence-electron chi connectivity index (χ0n) is 17.1. The minimum absolute atomic E-state index is 0.0682. The first-order valence-electron chi connectivity index (χ1n) is 9.20. The quantitative estimate of drug-likeness (QED) is 0.156. The minimum atomic E-state index is -1.72. The number of rotatable bonds is 8. The van der Waals surface area contributed by atoms with Crippen LogP contribution in [-0.4, -0.2) is 44.0 Å². The Bertz CT molecular complexity index is 694. The van der Waals surface area contributed by atoms with Gasteiger partial charge in [-0.2, -0.15) is 0 Å². The van der Waals surface area contributed by atoms with Crippen molar-refractivity contribution in [2.24, 2.45) is 11.3 Å². The zero-order chi connectivity index (χ0) is 21.3. The molecule has 1 aliphatic carbocycles. The van der Waals surface area contributed by atoms with Crippen LogP contribution in [0, 0.1) is 11.3 Å². The molecule has 1 unspecified atom stereocenters. The normalized spacial score (nSPS) is 19.0. The van der Waals surface area contributed by atoms with Gasteiger partial charge in [0.1, 0.15) is 0 Å². The van der Waals surface area contributed by atoms with E-state index in [-0.39, 0.29) is 26.1 Å². The summed E-state index contributed by atoms with van der Waals surface area (Å²) in [5, 5.41) is 0. The third-order valence-electron chi connectivity index (χ3n) is 4.81. The van der Waals surface area contributed by atoms with E-state index in [1.165, 1.54) is 25.3 Å². The van der Waals surface area contributed by atoms with Gasteiger partial charge in [-0.15, -0.1) is 0 Å². The maximum atomic E-state index is 12.9. The van der Waals surface area contributed by atoms with E-state index in [1.54, 1.807) is 13.8 Å². The van der Waals surface area contributed by atoms with Crippen LogP contribution in [0.2, 0.25) is 0 Å². The fraction of sp³-hybridized carbons (Fsp3) is 0.524. The molecular weight excluding hydrogens is 364 g/mol. The summed E-state index contributed by atoms with van der Waals surface area (Å²) in [6, 6.07) is 0. The topological polar surface area (TPSA) is 96.0 Å². The zero-order valence-corrected chi connectivity index (χ0v) is 17.1. The van der Waals surface area contributed by atoms with Gasteiger partial charge in [-0.25, -0.2) is 4.79 Å². The lowest BCUT2D eigenvalue weighted by atomic mass is 9.63. The molecule has 0 amide bonds. The molecule has 7 nitrogen and oxygen atoms in total. The Labute approximate surface area is 165 Å². The maximum absolute atomic E-state index is 12.9. The van der Waals surface area contributed by atoms with Crippen LogP contribution in [0.25, 0.3) is 0 Å². The van der Waals surface area contributed by atoms with Crippen molar-refractivity contribution in [3.05, 3.63) is 35.5 Å². The Balaban J connectivity index is 3.34. The van der Waals surface area contributed by atoms with Crippen molar-refractivity contribution < 1.29 is 33.4 Å². The molecule has 154 valence electrons. The van der Waals surface area contributed by atoms with Gasteiger partial charge in [-0.1, -0.05) is 23.3 Å². The van der Waals surface area contributed by atoms with E-state index < -0.39 is 35.0 Å². The lowest BCUT2D eigenvalue weighted by Gasteiger charge is -2.39. The SMILES string of the molecule is CCOC(=O)C1(C(=O)OCC)CC(C)=C(C)CC1C(=O)/C=C/C=C/C(=O)OC. The second-order valence-electron chi connectivity index (χ2n) is 6.55. The average molecular weight is 392 g/mol. The second kappa shape index (κ2) is 10.6. The van der Waals surface area contributed by atoms with Gasteiger partial charge in [0, 0.05) is 6.08 Å². The predicted octanol–water partition coefficient (Wildman–Crippen LogP) is 2.70. The van der Waals surface area contributed by atoms with Crippen LogP contribution in [0.5, 0.6) is 0 Å². The summed E-state index contributed by atoms with van der Waals surface area (Å²) in [6.07, 6.45) is 5.44. The van der Waals surface area contributed by atoms with Gasteiger partial charge >= 0.3 is 17.9 Å². The highest BCUT2D eigenvalue weighted by Crippen LogP contribution is 2.46. The first-order valence-corrected chi connectivity index (χ1v) is 9.20. The molecule has 0 spiro atoms. The summed E-state index contributed by atoms with van der Waals surface area (Å²) in [5.74, 6) is -3.43. The molecule has 28 heavy (non-hydrogen) atoms. The highest BCUT2D eigenvalue weighted by atomic mass is 16.6. The summed E-state index contributed by atoms with van der Waals surface area (Å²) in [6.45, 7) is 7.15. The highest BCUT2D eigenvalue weighted by molar-refractivity contribution is 6.08. The van der Waals surface area contributed by atoms with Crippen molar-refractivity contribution in [2.75, 3.05) is 20.3 Å². The largest absolute Gasteiger partial charge is 0.466 e. The summed E-state index contributed by atoms with van der Waals surface area (Å²) in [4.78, 5) is 49.8. The van der Waals surface area contributed by atoms with Crippen LogP contribution in [0.15, 0.2) is 35.5 Å². The Morgan fingerprint density at radius 1 is 0.964 bits per heavy atom. The van der Waals surface area contributed by atoms with Crippen LogP contribution < -0.4 is 0 Å². The summed E-state index contributed by atoms with van der Waals surface area (Å²) >= 11 is 0. The molecule has 0 aromatic carbocycles. The van der Waals surface area contributed by atoms with Crippen molar-refractivity contribution in [2.45, 2.75) is 40.5 Å². The predicted molar refractivity (Wildman–Crippen MR) is 102 cm³/mol. The summed E-state index contributed by atoms with van der Waals surface area (Å²) in [5.41, 5.74) is 0.0871. The maximum Gasteiger partial charge on any atom is 0.330 e. The molecule has 1 aliphatic rings. The molecule has 0 radical (unpaired) electrons.